The molecule has 2 heterocycles. The number of ether oxygens (including phenoxy) is 1. The van der Waals surface area contributed by atoms with Gasteiger partial charge in [0.25, 0.3) is 5.69 Å². The Bertz CT molecular complexity index is 715. The Morgan fingerprint density at radius 2 is 2.12 bits per heavy atom. The summed E-state index contributed by atoms with van der Waals surface area (Å²) in [6, 6.07) is 6.68. The number of benzene rings is 1. The SMILES string of the molecule is Cn1c(CN2CCOCC2)nnc1SCc1cccc([N+](=O)[O-])c1. The fourth-order valence-corrected chi connectivity index (χ4v) is 3.35. The average Bonchev–Trinajstić information content (AvgIpc) is 2.94. The molecule has 0 radical (unpaired) electrons. The zero-order valence-corrected chi connectivity index (χ0v) is 14.2. The maximum Gasteiger partial charge on any atom is 0.269 e. The van der Waals surface area contributed by atoms with Crippen LogP contribution in [0.25, 0.3) is 0 Å². The third-order valence-corrected chi connectivity index (χ3v) is 4.97. The molecule has 0 saturated carbocycles. The number of hydrogen-bond acceptors (Lipinski definition) is 7. The first kappa shape index (κ1) is 16.9. The first-order valence-corrected chi connectivity index (χ1v) is 8.66. The average molecular weight is 349 g/mol. The highest BCUT2D eigenvalue weighted by molar-refractivity contribution is 7.98. The van der Waals surface area contributed by atoms with Gasteiger partial charge in [0.05, 0.1) is 24.7 Å². The minimum Gasteiger partial charge on any atom is -0.379 e. The number of thioether (sulfide) groups is 1. The fourth-order valence-electron chi connectivity index (χ4n) is 2.48. The van der Waals surface area contributed by atoms with E-state index < -0.39 is 0 Å². The third kappa shape index (κ3) is 4.11. The molecule has 0 amide bonds. The van der Waals surface area contributed by atoms with Gasteiger partial charge in [0.2, 0.25) is 0 Å². The topological polar surface area (TPSA) is 86.3 Å². The molecule has 0 bridgehead atoms. The van der Waals surface area contributed by atoms with E-state index in [0.29, 0.717) is 5.75 Å². The number of rotatable bonds is 6. The molecule has 2 aromatic rings. The number of nitro benzene ring substituents is 1. The van der Waals surface area contributed by atoms with Crippen LogP contribution in [0.15, 0.2) is 29.4 Å². The second-order valence-electron chi connectivity index (χ2n) is 5.56. The molecule has 0 atom stereocenters. The number of nitro groups is 1. The van der Waals surface area contributed by atoms with Crippen molar-refractivity contribution in [2.45, 2.75) is 17.5 Å². The first-order chi connectivity index (χ1) is 11.6. The van der Waals surface area contributed by atoms with Crippen molar-refractivity contribution in [3.63, 3.8) is 0 Å². The van der Waals surface area contributed by atoms with E-state index in [0.717, 1.165) is 49.4 Å². The van der Waals surface area contributed by atoms with E-state index in [2.05, 4.69) is 15.1 Å². The molecule has 8 nitrogen and oxygen atoms in total. The Balaban J connectivity index is 1.61. The zero-order chi connectivity index (χ0) is 16.9. The molecule has 1 aromatic heterocycles. The first-order valence-electron chi connectivity index (χ1n) is 7.68. The maximum atomic E-state index is 10.8. The van der Waals surface area contributed by atoms with Crippen LogP contribution in [0.2, 0.25) is 0 Å². The molecule has 0 unspecified atom stereocenters. The standard InChI is InChI=1S/C15H19N5O3S/c1-18-14(10-19-5-7-23-8-6-19)16-17-15(18)24-11-12-3-2-4-13(9-12)20(21)22/h2-4,9H,5-8,10-11H2,1H3. The lowest BCUT2D eigenvalue weighted by Crippen LogP contribution is -2.36. The van der Waals surface area contributed by atoms with Gasteiger partial charge in [0.1, 0.15) is 5.82 Å². The van der Waals surface area contributed by atoms with Crippen LogP contribution in [0.1, 0.15) is 11.4 Å². The minimum absolute atomic E-state index is 0.110. The molecule has 9 heteroatoms. The molecule has 1 fully saturated rings. The Hall–Kier alpha value is -1.97. The van der Waals surface area contributed by atoms with E-state index >= 15 is 0 Å². The van der Waals surface area contributed by atoms with E-state index in [9.17, 15) is 10.1 Å². The predicted molar refractivity (Wildman–Crippen MR) is 89.8 cm³/mol. The highest BCUT2D eigenvalue weighted by Crippen LogP contribution is 2.23. The fraction of sp³-hybridized carbons (Fsp3) is 0.467. The monoisotopic (exact) mass is 349 g/mol. The van der Waals surface area contributed by atoms with Crippen molar-refractivity contribution in [2.75, 3.05) is 26.3 Å². The quantitative estimate of drug-likeness (QED) is 0.447. The van der Waals surface area contributed by atoms with Crippen molar-refractivity contribution in [2.24, 2.45) is 7.05 Å². The van der Waals surface area contributed by atoms with Crippen LogP contribution >= 0.6 is 11.8 Å². The minimum atomic E-state index is -0.378. The molecule has 1 saturated heterocycles. The maximum absolute atomic E-state index is 10.8. The van der Waals surface area contributed by atoms with Crippen molar-refractivity contribution >= 4 is 17.4 Å². The molecular weight excluding hydrogens is 330 g/mol. The van der Waals surface area contributed by atoms with Gasteiger partial charge in [-0.1, -0.05) is 23.9 Å². The lowest BCUT2D eigenvalue weighted by atomic mass is 10.2. The van der Waals surface area contributed by atoms with Gasteiger partial charge in [-0.15, -0.1) is 10.2 Å². The van der Waals surface area contributed by atoms with Crippen molar-refractivity contribution in [1.82, 2.24) is 19.7 Å². The third-order valence-electron chi connectivity index (χ3n) is 3.88. The molecule has 0 aliphatic carbocycles. The zero-order valence-electron chi connectivity index (χ0n) is 13.4. The van der Waals surface area contributed by atoms with E-state index in [4.69, 9.17) is 4.74 Å². The van der Waals surface area contributed by atoms with E-state index in [1.54, 1.807) is 12.1 Å². The van der Waals surface area contributed by atoms with Crippen molar-refractivity contribution < 1.29 is 9.66 Å². The summed E-state index contributed by atoms with van der Waals surface area (Å²) in [5, 5.41) is 20.1. The van der Waals surface area contributed by atoms with Gasteiger partial charge < -0.3 is 9.30 Å². The number of non-ortho nitro benzene ring substituents is 1. The highest BCUT2D eigenvalue weighted by atomic mass is 32.2. The predicted octanol–water partition coefficient (Wildman–Crippen LogP) is 1.85. The molecule has 1 aromatic carbocycles. The van der Waals surface area contributed by atoms with Gasteiger partial charge in [0, 0.05) is 38.0 Å². The summed E-state index contributed by atoms with van der Waals surface area (Å²) in [7, 11) is 1.95. The van der Waals surface area contributed by atoms with Gasteiger partial charge in [-0.05, 0) is 5.56 Å². The van der Waals surface area contributed by atoms with Crippen LogP contribution in [0, 0.1) is 10.1 Å². The summed E-state index contributed by atoms with van der Waals surface area (Å²) >= 11 is 1.53. The van der Waals surface area contributed by atoms with Crippen LogP contribution in [-0.4, -0.2) is 50.9 Å². The summed E-state index contributed by atoms with van der Waals surface area (Å²) in [6.45, 7) is 4.08. The Morgan fingerprint density at radius 3 is 2.88 bits per heavy atom. The van der Waals surface area contributed by atoms with Crippen LogP contribution < -0.4 is 0 Å². The van der Waals surface area contributed by atoms with Crippen LogP contribution in [-0.2, 0) is 24.1 Å². The van der Waals surface area contributed by atoms with Gasteiger partial charge in [-0.3, -0.25) is 15.0 Å². The van der Waals surface area contributed by atoms with Crippen LogP contribution in [0.4, 0.5) is 5.69 Å². The molecule has 128 valence electrons. The van der Waals surface area contributed by atoms with Gasteiger partial charge in [-0.2, -0.15) is 0 Å². The molecule has 1 aliphatic rings. The van der Waals surface area contributed by atoms with E-state index in [1.807, 2.05) is 17.7 Å². The summed E-state index contributed by atoms with van der Waals surface area (Å²) < 4.78 is 7.33. The molecule has 0 N–H and O–H groups in total. The second kappa shape index (κ2) is 7.73. The number of aromatic nitrogens is 3. The summed E-state index contributed by atoms with van der Waals surface area (Å²) in [5.74, 6) is 1.53. The molecule has 24 heavy (non-hydrogen) atoms. The van der Waals surface area contributed by atoms with Crippen molar-refractivity contribution in [3.05, 3.63) is 45.8 Å². The van der Waals surface area contributed by atoms with Gasteiger partial charge >= 0.3 is 0 Å². The molecular formula is C15H19N5O3S. The lowest BCUT2D eigenvalue weighted by Gasteiger charge is -2.25. The van der Waals surface area contributed by atoms with Crippen LogP contribution in [0.3, 0.4) is 0 Å². The van der Waals surface area contributed by atoms with Gasteiger partial charge in [0.15, 0.2) is 5.16 Å². The van der Waals surface area contributed by atoms with E-state index in [1.165, 1.54) is 17.8 Å². The lowest BCUT2D eigenvalue weighted by molar-refractivity contribution is -0.384. The Kier molecular flexibility index (Phi) is 5.44. The molecule has 3 rings (SSSR count). The Labute approximate surface area is 144 Å². The highest BCUT2D eigenvalue weighted by Gasteiger charge is 2.16. The number of morpholine rings is 1. The number of nitrogens with zero attached hydrogens (tertiary/aromatic N) is 5. The summed E-state index contributed by atoms with van der Waals surface area (Å²) in [5.41, 5.74) is 1.01. The smallest absolute Gasteiger partial charge is 0.269 e. The summed E-state index contributed by atoms with van der Waals surface area (Å²) in [4.78, 5) is 12.7. The normalized spacial score (nSPS) is 15.5. The molecule has 0 spiro atoms. The molecule has 1 aliphatic heterocycles. The number of hydrogen-bond donors (Lipinski definition) is 0. The largest absolute Gasteiger partial charge is 0.379 e. The summed E-state index contributed by atoms with van der Waals surface area (Å²) in [6.07, 6.45) is 0. The Morgan fingerprint density at radius 1 is 1.33 bits per heavy atom. The van der Waals surface area contributed by atoms with E-state index in [-0.39, 0.29) is 10.6 Å². The van der Waals surface area contributed by atoms with Crippen molar-refractivity contribution in [1.29, 1.82) is 0 Å². The van der Waals surface area contributed by atoms with Gasteiger partial charge in [-0.25, -0.2) is 0 Å². The van der Waals surface area contributed by atoms with Crippen LogP contribution in [0.5, 0.6) is 0 Å². The van der Waals surface area contributed by atoms with Crippen molar-refractivity contribution in [3.8, 4) is 0 Å². The second-order valence-corrected chi connectivity index (χ2v) is 6.50.